The molecule has 2 aliphatic rings. The van der Waals surface area contributed by atoms with Crippen LogP contribution in [0, 0.1) is 6.92 Å². The summed E-state index contributed by atoms with van der Waals surface area (Å²) in [7, 11) is 0. The lowest BCUT2D eigenvalue weighted by Gasteiger charge is -2.36. The molecule has 2 heterocycles. The van der Waals surface area contributed by atoms with Gasteiger partial charge in [0.05, 0.1) is 25.9 Å². The number of nitrogens with one attached hydrogen (secondary N) is 1. The second-order valence-electron chi connectivity index (χ2n) is 9.25. The number of likely N-dealkylation sites (tertiary alicyclic amines) is 1. The zero-order valence-electron chi connectivity index (χ0n) is 19.2. The van der Waals surface area contributed by atoms with Crippen molar-refractivity contribution in [2.24, 2.45) is 0 Å². The summed E-state index contributed by atoms with van der Waals surface area (Å²) in [4.78, 5) is 4.73. The van der Waals surface area contributed by atoms with E-state index in [0.717, 1.165) is 64.6 Å². The molecule has 2 atom stereocenters. The lowest BCUT2D eigenvalue weighted by molar-refractivity contribution is 0.0129. The van der Waals surface area contributed by atoms with Crippen LogP contribution in [0.1, 0.15) is 35.1 Å². The van der Waals surface area contributed by atoms with Crippen molar-refractivity contribution in [3.8, 4) is 0 Å². The number of hydrogen-bond acceptors (Lipinski definition) is 6. The molecule has 0 spiro atoms. The molecule has 2 aromatic rings. The summed E-state index contributed by atoms with van der Waals surface area (Å²) in [6, 6.07) is 15.5. The molecule has 0 aliphatic carbocycles. The van der Waals surface area contributed by atoms with Crippen LogP contribution in [0.3, 0.4) is 0 Å². The summed E-state index contributed by atoms with van der Waals surface area (Å²) in [5.41, 5.74) is 6.27. The number of piperidine rings is 1. The van der Waals surface area contributed by atoms with Gasteiger partial charge in [0, 0.05) is 51.0 Å². The van der Waals surface area contributed by atoms with Crippen LogP contribution in [0.2, 0.25) is 0 Å². The number of aryl methyl sites for hydroxylation is 1. The highest BCUT2D eigenvalue weighted by Crippen LogP contribution is 2.21. The predicted octanol–water partition coefficient (Wildman–Crippen LogP) is 2.76. The van der Waals surface area contributed by atoms with Gasteiger partial charge in [-0.05, 0) is 54.2 Å². The summed E-state index contributed by atoms with van der Waals surface area (Å²) in [5.74, 6) is 0. The highest BCUT2D eigenvalue weighted by Gasteiger charge is 2.26. The van der Waals surface area contributed by atoms with Crippen molar-refractivity contribution in [3.05, 3.63) is 64.7 Å². The SMILES string of the molecule is Cc1cc(CN2CCOCC2)cc(NCc2ccc(CN3CCC(O)CC3CO)cc2)c1. The van der Waals surface area contributed by atoms with Crippen LogP contribution in [0.5, 0.6) is 0 Å². The van der Waals surface area contributed by atoms with E-state index in [2.05, 4.69) is 64.5 Å². The molecule has 6 heteroatoms. The molecule has 0 amide bonds. The minimum atomic E-state index is -0.284. The van der Waals surface area contributed by atoms with E-state index in [1.54, 1.807) is 0 Å². The van der Waals surface area contributed by atoms with Crippen LogP contribution in [-0.4, -0.2) is 71.6 Å². The van der Waals surface area contributed by atoms with Crippen molar-refractivity contribution in [1.82, 2.24) is 9.80 Å². The van der Waals surface area contributed by atoms with Crippen LogP contribution in [0.25, 0.3) is 0 Å². The smallest absolute Gasteiger partial charge is 0.0594 e. The fraction of sp³-hybridized carbons (Fsp3) is 0.538. The molecule has 174 valence electrons. The van der Waals surface area contributed by atoms with E-state index in [1.165, 1.54) is 22.3 Å². The van der Waals surface area contributed by atoms with Gasteiger partial charge >= 0.3 is 0 Å². The summed E-state index contributed by atoms with van der Waals surface area (Å²) >= 11 is 0. The Morgan fingerprint density at radius 3 is 2.47 bits per heavy atom. The lowest BCUT2D eigenvalue weighted by Crippen LogP contribution is -2.45. The fourth-order valence-corrected chi connectivity index (χ4v) is 4.75. The Labute approximate surface area is 191 Å². The number of rotatable bonds is 8. The predicted molar refractivity (Wildman–Crippen MR) is 128 cm³/mol. The molecule has 0 aromatic heterocycles. The van der Waals surface area contributed by atoms with Gasteiger partial charge in [-0.1, -0.05) is 30.3 Å². The van der Waals surface area contributed by atoms with Gasteiger partial charge < -0.3 is 20.3 Å². The molecule has 32 heavy (non-hydrogen) atoms. The van der Waals surface area contributed by atoms with Crippen molar-refractivity contribution in [2.45, 2.75) is 51.5 Å². The summed E-state index contributed by atoms with van der Waals surface area (Å²) < 4.78 is 5.46. The van der Waals surface area contributed by atoms with E-state index in [4.69, 9.17) is 4.74 Å². The van der Waals surface area contributed by atoms with Crippen LogP contribution in [0.4, 0.5) is 5.69 Å². The largest absolute Gasteiger partial charge is 0.395 e. The second kappa shape index (κ2) is 11.3. The minimum absolute atomic E-state index is 0.0491. The molecular formula is C26H37N3O3. The molecule has 0 saturated carbocycles. The molecule has 2 aliphatic heterocycles. The number of morpholine rings is 1. The summed E-state index contributed by atoms with van der Waals surface area (Å²) in [5, 5.41) is 23.1. The van der Waals surface area contributed by atoms with Crippen molar-refractivity contribution in [1.29, 1.82) is 0 Å². The van der Waals surface area contributed by atoms with Gasteiger partial charge in [-0.2, -0.15) is 0 Å². The van der Waals surface area contributed by atoms with Crippen molar-refractivity contribution in [3.63, 3.8) is 0 Å². The van der Waals surface area contributed by atoms with E-state index in [1.807, 2.05) is 0 Å². The van der Waals surface area contributed by atoms with E-state index < -0.39 is 0 Å². The third-order valence-electron chi connectivity index (χ3n) is 6.57. The maximum Gasteiger partial charge on any atom is 0.0594 e. The first-order chi connectivity index (χ1) is 15.6. The van der Waals surface area contributed by atoms with Gasteiger partial charge in [0.15, 0.2) is 0 Å². The van der Waals surface area contributed by atoms with Crippen molar-refractivity contribution >= 4 is 5.69 Å². The highest BCUT2D eigenvalue weighted by atomic mass is 16.5. The van der Waals surface area contributed by atoms with Gasteiger partial charge in [-0.3, -0.25) is 9.80 Å². The molecular weight excluding hydrogens is 402 g/mol. The van der Waals surface area contributed by atoms with Crippen LogP contribution in [0.15, 0.2) is 42.5 Å². The number of hydrogen-bond donors (Lipinski definition) is 3. The average Bonchev–Trinajstić information content (AvgIpc) is 2.80. The molecule has 2 aromatic carbocycles. The van der Waals surface area contributed by atoms with E-state index >= 15 is 0 Å². The Morgan fingerprint density at radius 1 is 0.969 bits per heavy atom. The van der Waals surface area contributed by atoms with E-state index in [-0.39, 0.29) is 18.8 Å². The second-order valence-corrected chi connectivity index (χ2v) is 9.25. The van der Waals surface area contributed by atoms with Gasteiger partial charge in [0.25, 0.3) is 0 Å². The molecule has 4 rings (SSSR count). The van der Waals surface area contributed by atoms with Gasteiger partial charge in [0.1, 0.15) is 0 Å². The number of nitrogens with zero attached hydrogens (tertiary/aromatic N) is 2. The first-order valence-corrected chi connectivity index (χ1v) is 11.8. The third-order valence-corrected chi connectivity index (χ3v) is 6.57. The molecule has 0 bridgehead atoms. The number of ether oxygens (including phenoxy) is 1. The molecule has 0 radical (unpaired) electrons. The summed E-state index contributed by atoms with van der Waals surface area (Å²) in [6.07, 6.45) is 1.15. The fourth-order valence-electron chi connectivity index (χ4n) is 4.75. The van der Waals surface area contributed by atoms with Crippen molar-refractivity contribution in [2.75, 3.05) is 44.8 Å². The number of aliphatic hydroxyl groups is 2. The average molecular weight is 440 g/mol. The normalized spacial score (nSPS) is 22.7. The maximum absolute atomic E-state index is 9.85. The zero-order chi connectivity index (χ0) is 22.3. The first kappa shape index (κ1) is 23.2. The maximum atomic E-state index is 9.85. The molecule has 3 N–H and O–H groups in total. The van der Waals surface area contributed by atoms with E-state index in [0.29, 0.717) is 6.42 Å². The van der Waals surface area contributed by atoms with Gasteiger partial charge in [0.2, 0.25) is 0 Å². The van der Waals surface area contributed by atoms with Gasteiger partial charge in [-0.15, -0.1) is 0 Å². The van der Waals surface area contributed by atoms with E-state index in [9.17, 15) is 10.2 Å². The topological polar surface area (TPSA) is 68.2 Å². The summed E-state index contributed by atoms with van der Waals surface area (Å²) in [6.45, 7) is 9.31. The highest BCUT2D eigenvalue weighted by molar-refractivity contribution is 5.49. The Kier molecular flexibility index (Phi) is 8.16. The number of benzene rings is 2. The Bertz CT molecular complexity index is 852. The quantitative estimate of drug-likeness (QED) is 0.588. The standard InChI is InChI=1S/C26H37N3O3/c1-20-12-23(17-28-8-10-32-11-9-28)14-24(13-20)27-16-21-2-4-22(5-3-21)18-29-7-6-26(31)15-25(29)19-30/h2-5,12-14,25-27,30-31H,6-11,15-19H2,1H3. The Balaban J connectivity index is 1.31. The number of anilines is 1. The Hall–Kier alpha value is -1.96. The van der Waals surface area contributed by atoms with Crippen LogP contribution >= 0.6 is 0 Å². The molecule has 2 saturated heterocycles. The minimum Gasteiger partial charge on any atom is -0.395 e. The zero-order valence-corrected chi connectivity index (χ0v) is 19.2. The first-order valence-electron chi connectivity index (χ1n) is 11.8. The monoisotopic (exact) mass is 439 g/mol. The molecule has 6 nitrogen and oxygen atoms in total. The Morgan fingerprint density at radius 2 is 1.72 bits per heavy atom. The third kappa shape index (κ3) is 6.53. The lowest BCUT2D eigenvalue weighted by atomic mass is 9.99. The number of aliphatic hydroxyl groups excluding tert-OH is 2. The van der Waals surface area contributed by atoms with Crippen LogP contribution < -0.4 is 5.32 Å². The van der Waals surface area contributed by atoms with Crippen LogP contribution in [-0.2, 0) is 24.4 Å². The molecule has 2 fully saturated rings. The molecule has 2 unspecified atom stereocenters. The van der Waals surface area contributed by atoms with Crippen molar-refractivity contribution < 1.29 is 14.9 Å². The van der Waals surface area contributed by atoms with Gasteiger partial charge in [-0.25, -0.2) is 0 Å².